The quantitative estimate of drug-likeness (QED) is 0.118. The van der Waals surface area contributed by atoms with Gasteiger partial charge in [0, 0.05) is 42.2 Å². The van der Waals surface area contributed by atoms with E-state index >= 15 is 0 Å². The van der Waals surface area contributed by atoms with E-state index in [0.717, 1.165) is 43.7 Å². The van der Waals surface area contributed by atoms with Crippen LogP contribution in [0.25, 0.3) is 0 Å². The molecule has 228 valence electrons. The maximum Gasteiger partial charge on any atom is 0.162 e. The Morgan fingerprint density at radius 3 is 2.45 bits per heavy atom. The second-order valence-corrected chi connectivity index (χ2v) is 12.3. The highest BCUT2D eigenvalue weighted by atomic mass is 16.5. The lowest BCUT2D eigenvalue weighted by molar-refractivity contribution is -0.136. The number of likely N-dealkylation sites (tertiary alicyclic amines) is 1. The van der Waals surface area contributed by atoms with Gasteiger partial charge in [0.15, 0.2) is 5.78 Å². The molecule has 0 radical (unpaired) electrons. The van der Waals surface area contributed by atoms with E-state index in [1.807, 2.05) is 18.2 Å². The van der Waals surface area contributed by atoms with Crippen LogP contribution in [-0.2, 0) is 4.79 Å². The van der Waals surface area contributed by atoms with Gasteiger partial charge in [-0.1, -0.05) is 67.2 Å². The Morgan fingerprint density at radius 2 is 1.83 bits per heavy atom. The Labute approximate surface area is 253 Å². The molecule has 1 fully saturated rings. The Hall–Kier alpha value is -3.02. The molecule has 1 aromatic rings. The summed E-state index contributed by atoms with van der Waals surface area (Å²) < 4.78 is 5.19. The van der Waals surface area contributed by atoms with E-state index in [2.05, 4.69) is 50.5 Å². The number of rotatable bonds is 17. The molecule has 0 bridgehead atoms. The van der Waals surface area contributed by atoms with Crippen molar-refractivity contribution in [1.29, 1.82) is 0 Å². The fourth-order valence-electron chi connectivity index (χ4n) is 6.38. The summed E-state index contributed by atoms with van der Waals surface area (Å²) in [6.07, 6.45) is 19.2. The highest BCUT2D eigenvalue weighted by Gasteiger charge is 2.46. The largest absolute Gasteiger partial charge is 0.497 e. The number of Topliss-reactive ketones (excluding diaryl/α,β-unsaturated/α-hetero) is 2. The second-order valence-electron chi connectivity index (χ2n) is 12.3. The third-order valence-corrected chi connectivity index (χ3v) is 9.02. The number of ketones is 2. The number of unbranched alkanes of at least 4 members (excludes halogenated alkanes) is 1. The smallest absolute Gasteiger partial charge is 0.162 e. The molecule has 3 rings (SSSR count). The van der Waals surface area contributed by atoms with Crippen LogP contribution in [-0.4, -0.2) is 54.4 Å². The molecule has 2 aliphatic rings. The fraction of sp³-hybridized carbons (Fsp3) is 0.514. The van der Waals surface area contributed by atoms with Crippen molar-refractivity contribution < 1.29 is 19.4 Å². The first-order valence-corrected chi connectivity index (χ1v) is 15.6. The van der Waals surface area contributed by atoms with E-state index in [-0.39, 0.29) is 23.4 Å². The first-order valence-electron chi connectivity index (χ1n) is 15.6. The van der Waals surface area contributed by atoms with Crippen LogP contribution in [0.1, 0.15) is 82.5 Å². The number of benzene rings is 1. The number of aliphatic hydroxyl groups excluding tert-OH is 1. The molecular formula is C37H51NO4. The molecule has 1 aliphatic heterocycles. The van der Waals surface area contributed by atoms with Crippen LogP contribution in [0.3, 0.4) is 0 Å². The summed E-state index contributed by atoms with van der Waals surface area (Å²) in [5.41, 5.74) is 2.24. The Kier molecular flexibility index (Phi) is 13.2. The summed E-state index contributed by atoms with van der Waals surface area (Å²) in [4.78, 5) is 29.4. The minimum atomic E-state index is -0.741. The number of hydrogen-bond acceptors (Lipinski definition) is 5. The average Bonchev–Trinajstić information content (AvgIpc) is 3.51. The number of carbonyl (C=O) groups is 2. The van der Waals surface area contributed by atoms with Crippen LogP contribution in [0.5, 0.6) is 5.75 Å². The Morgan fingerprint density at radius 1 is 1.14 bits per heavy atom. The molecule has 0 spiro atoms. The summed E-state index contributed by atoms with van der Waals surface area (Å²) >= 11 is 0. The lowest BCUT2D eigenvalue weighted by Crippen LogP contribution is -2.50. The van der Waals surface area contributed by atoms with Crippen LogP contribution in [0.4, 0.5) is 0 Å². The van der Waals surface area contributed by atoms with Gasteiger partial charge in [-0.15, -0.1) is 0 Å². The molecule has 4 atom stereocenters. The Bertz CT molecular complexity index is 1170. The number of carbonyl (C=O) groups excluding carboxylic acids is 2. The van der Waals surface area contributed by atoms with Crippen molar-refractivity contribution in [2.75, 3.05) is 26.7 Å². The third-order valence-electron chi connectivity index (χ3n) is 9.02. The lowest BCUT2D eigenvalue weighted by Gasteiger charge is -2.43. The van der Waals surface area contributed by atoms with Crippen molar-refractivity contribution in [3.8, 4) is 5.75 Å². The SMILES string of the molecule is C=C/C=C\C=C(/C)CC(C)(C(=O)CCCCC(=O)c1ccc(OC)cc1)[C@H](CN1CCCC1)[C@H](O)C1C=CC(C)=CC1. The number of allylic oxidation sites excluding steroid dienone is 8. The molecule has 0 saturated carbocycles. The molecule has 1 saturated heterocycles. The number of nitrogens with zero attached hydrogens (tertiary/aromatic N) is 1. The average molecular weight is 574 g/mol. The van der Waals surface area contributed by atoms with Gasteiger partial charge in [-0.2, -0.15) is 0 Å². The number of hydrogen-bond donors (Lipinski definition) is 1. The molecule has 2 unspecified atom stereocenters. The van der Waals surface area contributed by atoms with Gasteiger partial charge in [-0.25, -0.2) is 0 Å². The van der Waals surface area contributed by atoms with E-state index in [4.69, 9.17) is 4.74 Å². The molecule has 1 aliphatic carbocycles. The van der Waals surface area contributed by atoms with Crippen LogP contribution >= 0.6 is 0 Å². The lowest BCUT2D eigenvalue weighted by atomic mass is 9.64. The Balaban J connectivity index is 1.79. The van der Waals surface area contributed by atoms with Crippen molar-refractivity contribution in [3.63, 3.8) is 0 Å². The first-order chi connectivity index (χ1) is 20.2. The highest BCUT2D eigenvalue weighted by Crippen LogP contribution is 2.43. The van der Waals surface area contributed by atoms with Crippen LogP contribution in [0, 0.1) is 17.3 Å². The summed E-state index contributed by atoms with van der Waals surface area (Å²) in [6, 6.07) is 7.18. The van der Waals surface area contributed by atoms with Gasteiger partial charge in [0.25, 0.3) is 0 Å². The van der Waals surface area contributed by atoms with Crippen molar-refractivity contribution in [1.82, 2.24) is 4.90 Å². The molecule has 42 heavy (non-hydrogen) atoms. The van der Waals surface area contributed by atoms with E-state index in [1.165, 1.54) is 5.57 Å². The van der Waals surface area contributed by atoms with E-state index in [0.29, 0.717) is 44.2 Å². The van der Waals surface area contributed by atoms with Crippen molar-refractivity contribution in [2.24, 2.45) is 17.3 Å². The molecule has 1 heterocycles. The molecule has 0 amide bonds. The maximum atomic E-state index is 14.3. The normalized spacial score (nSPS) is 20.6. The summed E-state index contributed by atoms with van der Waals surface area (Å²) in [6.45, 7) is 12.7. The predicted molar refractivity (Wildman–Crippen MR) is 173 cm³/mol. The number of ether oxygens (including phenoxy) is 1. The van der Waals surface area contributed by atoms with Crippen molar-refractivity contribution in [2.45, 2.75) is 78.2 Å². The highest BCUT2D eigenvalue weighted by molar-refractivity contribution is 5.96. The van der Waals surface area contributed by atoms with Gasteiger partial charge in [0.05, 0.1) is 13.2 Å². The molecule has 5 heteroatoms. The van der Waals surface area contributed by atoms with Gasteiger partial charge in [0.1, 0.15) is 11.5 Å². The molecular weight excluding hydrogens is 522 g/mol. The monoisotopic (exact) mass is 573 g/mol. The van der Waals surface area contributed by atoms with Crippen LogP contribution in [0.2, 0.25) is 0 Å². The van der Waals surface area contributed by atoms with Gasteiger partial charge < -0.3 is 14.7 Å². The van der Waals surface area contributed by atoms with Gasteiger partial charge >= 0.3 is 0 Å². The minimum absolute atomic E-state index is 0.0134. The summed E-state index contributed by atoms with van der Waals surface area (Å²) in [7, 11) is 1.61. The minimum Gasteiger partial charge on any atom is -0.497 e. The van der Waals surface area contributed by atoms with E-state index in [1.54, 1.807) is 37.5 Å². The van der Waals surface area contributed by atoms with Crippen molar-refractivity contribution >= 4 is 11.6 Å². The molecule has 5 nitrogen and oxygen atoms in total. The third kappa shape index (κ3) is 9.50. The topological polar surface area (TPSA) is 66.8 Å². The zero-order valence-electron chi connectivity index (χ0n) is 26.2. The standard InChI is InChI=1S/C37H51NO4/c1-6-7-8-13-29(3)26-37(4,35(40)15-10-9-14-34(39)30-20-22-32(42-5)23-21-30)33(27-38-24-11-12-25-38)36(41)31-18-16-28(2)17-19-31/h6-8,13,16-18,20-23,31,33,36,41H,1,9-12,14-15,19,24-27H2,2-5H3/b8-7-,29-13+/t31?,33-,36-,37?/m1/s1. The fourth-order valence-corrected chi connectivity index (χ4v) is 6.38. The van der Waals surface area contributed by atoms with Gasteiger partial charge in [-0.05, 0) is 89.7 Å². The maximum absolute atomic E-state index is 14.3. The van der Waals surface area contributed by atoms with E-state index in [9.17, 15) is 14.7 Å². The molecule has 1 aromatic carbocycles. The predicted octanol–water partition coefficient (Wildman–Crippen LogP) is 7.69. The molecule has 1 N–H and O–H groups in total. The van der Waals surface area contributed by atoms with Gasteiger partial charge in [0.2, 0.25) is 0 Å². The zero-order valence-corrected chi connectivity index (χ0v) is 26.2. The first kappa shape index (κ1) is 33.5. The van der Waals surface area contributed by atoms with Crippen LogP contribution in [0.15, 0.2) is 84.5 Å². The number of methoxy groups -OCH3 is 1. The van der Waals surface area contributed by atoms with Gasteiger partial charge in [-0.3, -0.25) is 9.59 Å². The number of aliphatic hydroxyl groups is 1. The second kappa shape index (κ2) is 16.6. The van der Waals surface area contributed by atoms with Crippen LogP contribution < -0.4 is 4.74 Å². The van der Waals surface area contributed by atoms with Crippen molar-refractivity contribution in [3.05, 3.63) is 90.1 Å². The van der Waals surface area contributed by atoms with E-state index < -0.39 is 11.5 Å². The summed E-state index contributed by atoms with van der Waals surface area (Å²) in [5, 5.41) is 11.9. The zero-order chi connectivity index (χ0) is 30.5. The molecule has 0 aromatic heterocycles. The summed E-state index contributed by atoms with van der Waals surface area (Å²) in [5.74, 6) is 0.754.